The number of Topliss-reactive ketones (excluding diaryl/α,β-unsaturated/α-hetero) is 1. The van der Waals surface area contributed by atoms with Crippen LogP contribution in [0.1, 0.15) is 25.7 Å². The molecule has 1 aromatic rings. The summed E-state index contributed by atoms with van der Waals surface area (Å²) in [5.41, 5.74) is 1.18. The maximum absolute atomic E-state index is 11.6. The molecule has 2 aliphatic rings. The largest absolute Gasteiger partial charge is 0.495 e. The van der Waals surface area contributed by atoms with Crippen molar-refractivity contribution in [2.45, 2.75) is 37.8 Å². The van der Waals surface area contributed by atoms with E-state index in [-0.39, 0.29) is 0 Å². The van der Waals surface area contributed by atoms with Gasteiger partial charge in [0.25, 0.3) is 0 Å². The Morgan fingerprint density at radius 3 is 2.56 bits per heavy atom. The Hall–Kier alpha value is -1.03. The summed E-state index contributed by atoms with van der Waals surface area (Å²) in [6.07, 6.45) is 3.67. The molecule has 2 atom stereocenters. The van der Waals surface area contributed by atoms with E-state index >= 15 is 0 Å². The molecular weight excluding hydrogens is 294 g/mol. The molecule has 3 rings (SSSR count). The lowest BCUT2D eigenvalue weighted by atomic mass is 10.0. The van der Waals surface area contributed by atoms with Crippen molar-refractivity contribution in [3.05, 3.63) is 22.7 Å². The molecule has 2 unspecified atom stereocenters. The lowest BCUT2D eigenvalue weighted by Gasteiger charge is -2.36. The molecule has 4 heteroatoms. The number of anilines is 1. The van der Waals surface area contributed by atoms with Gasteiger partial charge in [0.15, 0.2) is 0 Å². The number of ketones is 1. The SMILES string of the molecule is COc1cc(N2C3CCC2CC(=O)C3)ccc1Br. The number of carbonyl (C=O) groups is 1. The second-order valence-electron chi connectivity index (χ2n) is 5.06. The third kappa shape index (κ3) is 1.92. The van der Waals surface area contributed by atoms with E-state index in [9.17, 15) is 4.79 Å². The topological polar surface area (TPSA) is 29.5 Å². The number of methoxy groups -OCH3 is 1. The molecular formula is C14H16BrNO2. The van der Waals surface area contributed by atoms with E-state index in [2.05, 4.69) is 33.0 Å². The smallest absolute Gasteiger partial charge is 0.137 e. The normalized spacial score (nSPS) is 26.6. The number of benzene rings is 1. The van der Waals surface area contributed by atoms with Crippen LogP contribution in [0.5, 0.6) is 5.75 Å². The molecule has 1 aromatic carbocycles. The van der Waals surface area contributed by atoms with Gasteiger partial charge in [-0.05, 0) is 40.9 Å². The molecule has 0 saturated carbocycles. The number of hydrogen-bond acceptors (Lipinski definition) is 3. The number of halogens is 1. The fourth-order valence-electron chi connectivity index (χ4n) is 3.20. The van der Waals surface area contributed by atoms with E-state index in [1.807, 2.05) is 6.07 Å². The zero-order chi connectivity index (χ0) is 12.7. The van der Waals surface area contributed by atoms with E-state index in [0.29, 0.717) is 30.7 Å². The quantitative estimate of drug-likeness (QED) is 0.840. The van der Waals surface area contributed by atoms with Crippen LogP contribution in [0.25, 0.3) is 0 Å². The zero-order valence-corrected chi connectivity index (χ0v) is 11.9. The molecule has 0 aliphatic carbocycles. The maximum Gasteiger partial charge on any atom is 0.137 e. The third-order valence-corrected chi connectivity index (χ3v) is 4.63. The second kappa shape index (κ2) is 4.57. The van der Waals surface area contributed by atoms with Crippen molar-refractivity contribution in [2.24, 2.45) is 0 Å². The molecule has 2 heterocycles. The summed E-state index contributed by atoms with van der Waals surface area (Å²) in [6, 6.07) is 6.97. The van der Waals surface area contributed by atoms with Crippen molar-refractivity contribution in [2.75, 3.05) is 12.0 Å². The lowest BCUT2D eigenvalue weighted by Crippen LogP contribution is -2.43. The van der Waals surface area contributed by atoms with Gasteiger partial charge in [0, 0.05) is 36.7 Å². The minimum absolute atomic E-state index is 0.391. The van der Waals surface area contributed by atoms with Crippen molar-refractivity contribution >= 4 is 27.4 Å². The molecule has 0 radical (unpaired) electrons. The average molecular weight is 310 g/mol. The highest BCUT2D eigenvalue weighted by Gasteiger charge is 2.40. The van der Waals surface area contributed by atoms with Crippen LogP contribution in [0.4, 0.5) is 5.69 Å². The van der Waals surface area contributed by atoms with Gasteiger partial charge in [-0.2, -0.15) is 0 Å². The molecule has 2 fully saturated rings. The highest BCUT2D eigenvalue weighted by Crippen LogP contribution is 2.40. The zero-order valence-electron chi connectivity index (χ0n) is 10.4. The van der Waals surface area contributed by atoms with Crippen LogP contribution in [0.3, 0.4) is 0 Å². The average Bonchev–Trinajstić information content (AvgIpc) is 2.63. The number of nitrogens with zero attached hydrogens (tertiary/aromatic N) is 1. The number of carbonyl (C=O) groups excluding carboxylic acids is 1. The van der Waals surface area contributed by atoms with Crippen molar-refractivity contribution in [3.8, 4) is 5.75 Å². The van der Waals surface area contributed by atoms with Crippen LogP contribution in [-0.2, 0) is 4.79 Å². The summed E-state index contributed by atoms with van der Waals surface area (Å²) < 4.78 is 6.31. The molecule has 18 heavy (non-hydrogen) atoms. The summed E-state index contributed by atoms with van der Waals surface area (Å²) in [5.74, 6) is 1.27. The van der Waals surface area contributed by atoms with E-state index < -0.39 is 0 Å². The molecule has 2 bridgehead atoms. The minimum Gasteiger partial charge on any atom is -0.495 e. The molecule has 0 N–H and O–H groups in total. The van der Waals surface area contributed by atoms with Gasteiger partial charge in [0.2, 0.25) is 0 Å². The summed E-state index contributed by atoms with van der Waals surface area (Å²) in [5, 5.41) is 0. The Balaban J connectivity index is 1.93. The summed E-state index contributed by atoms with van der Waals surface area (Å²) in [7, 11) is 1.68. The van der Waals surface area contributed by atoms with E-state index in [1.165, 1.54) is 5.69 Å². The molecule has 96 valence electrons. The van der Waals surface area contributed by atoms with E-state index in [4.69, 9.17) is 4.74 Å². The van der Waals surface area contributed by atoms with Crippen LogP contribution >= 0.6 is 15.9 Å². The molecule has 0 amide bonds. The van der Waals surface area contributed by atoms with Gasteiger partial charge in [0.05, 0.1) is 11.6 Å². The Morgan fingerprint density at radius 1 is 1.28 bits per heavy atom. The number of ether oxygens (including phenoxy) is 1. The monoisotopic (exact) mass is 309 g/mol. The van der Waals surface area contributed by atoms with Crippen LogP contribution in [0.15, 0.2) is 22.7 Å². The van der Waals surface area contributed by atoms with Crippen LogP contribution in [-0.4, -0.2) is 25.0 Å². The van der Waals surface area contributed by atoms with E-state index in [1.54, 1.807) is 7.11 Å². The summed E-state index contributed by atoms with van der Waals surface area (Å²) >= 11 is 3.47. The highest BCUT2D eigenvalue weighted by molar-refractivity contribution is 9.10. The van der Waals surface area contributed by atoms with Gasteiger partial charge >= 0.3 is 0 Å². The first-order valence-corrected chi connectivity index (χ1v) is 7.12. The standard InChI is InChI=1S/C14H16BrNO2/c1-18-14-8-11(4-5-13(14)15)16-9-2-3-10(16)7-12(17)6-9/h4-5,8-10H,2-3,6-7H2,1H3. The van der Waals surface area contributed by atoms with Crippen molar-refractivity contribution < 1.29 is 9.53 Å². The summed E-state index contributed by atoms with van der Waals surface area (Å²) in [6.45, 7) is 0. The first kappa shape index (κ1) is 12.0. The predicted molar refractivity (Wildman–Crippen MR) is 74.2 cm³/mol. The van der Waals surface area contributed by atoms with Gasteiger partial charge in [-0.15, -0.1) is 0 Å². The van der Waals surface area contributed by atoms with Gasteiger partial charge in [-0.25, -0.2) is 0 Å². The van der Waals surface area contributed by atoms with Crippen LogP contribution in [0.2, 0.25) is 0 Å². The van der Waals surface area contributed by atoms with Gasteiger partial charge in [-0.1, -0.05) is 0 Å². The Labute approximate surface area is 115 Å². The fourth-order valence-corrected chi connectivity index (χ4v) is 3.61. The van der Waals surface area contributed by atoms with Crippen LogP contribution < -0.4 is 9.64 Å². The van der Waals surface area contributed by atoms with Crippen molar-refractivity contribution in [1.82, 2.24) is 0 Å². The fraction of sp³-hybridized carbons (Fsp3) is 0.500. The number of piperidine rings is 1. The number of hydrogen-bond donors (Lipinski definition) is 0. The first-order valence-electron chi connectivity index (χ1n) is 6.32. The minimum atomic E-state index is 0.391. The number of rotatable bonds is 2. The van der Waals surface area contributed by atoms with Crippen molar-refractivity contribution in [3.63, 3.8) is 0 Å². The van der Waals surface area contributed by atoms with E-state index in [0.717, 1.165) is 23.1 Å². The molecule has 3 nitrogen and oxygen atoms in total. The molecule has 0 aromatic heterocycles. The first-order chi connectivity index (χ1) is 8.69. The van der Waals surface area contributed by atoms with Gasteiger partial charge in [0.1, 0.15) is 11.5 Å². The molecule has 2 aliphatic heterocycles. The molecule has 2 saturated heterocycles. The highest BCUT2D eigenvalue weighted by atomic mass is 79.9. The predicted octanol–water partition coefficient (Wildman–Crippen LogP) is 3.16. The lowest BCUT2D eigenvalue weighted by molar-refractivity contribution is -0.120. The van der Waals surface area contributed by atoms with Crippen molar-refractivity contribution in [1.29, 1.82) is 0 Å². The maximum atomic E-state index is 11.6. The number of fused-ring (bicyclic) bond motifs is 2. The van der Waals surface area contributed by atoms with Gasteiger partial charge in [-0.3, -0.25) is 4.79 Å². The third-order valence-electron chi connectivity index (χ3n) is 3.98. The van der Waals surface area contributed by atoms with Crippen LogP contribution in [0, 0.1) is 0 Å². The Kier molecular flexibility index (Phi) is 3.06. The van der Waals surface area contributed by atoms with Gasteiger partial charge < -0.3 is 9.64 Å². The summed E-state index contributed by atoms with van der Waals surface area (Å²) in [4.78, 5) is 14.0. The molecule has 0 spiro atoms. The Bertz CT molecular complexity index is 473. The second-order valence-corrected chi connectivity index (χ2v) is 5.91. The Morgan fingerprint density at radius 2 is 1.94 bits per heavy atom.